The van der Waals surface area contributed by atoms with Gasteiger partial charge in [0.05, 0.1) is 6.04 Å². The van der Waals surface area contributed by atoms with Gasteiger partial charge >= 0.3 is 11.8 Å². The summed E-state index contributed by atoms with van der Waals surface area (Å²) in [4.78, 5) is 31.6. The first-order valence-electron chi connectivity index (χ1n) is 11.1. The van der Waals surface area contributed by atoms with E-state index in [4.69, 9.17) is 0 Å². The lowest BCUT2D eigenvalue weighted by molar-refractivity contribution is -0.139. The van der Waals surface area contributed by atoms with Crippen LogP contribution < -0.4 is 15.5 Å². The van der Waals surface area contributed by atoms with Gasteiger partial charge in [-0.05, 0) is 37.2 Å². The Morgan fingerprint density at radius 3 is 2.09 bits per heavy atom. The Morgan fingerprint density at radius 2 is 1.50 bits per heavy atom. The molecule has 0 unspecified atom stereocenters. The topological polar surface area (TPSA) is 67.9 Å². The van der Waals surface area contributed by atoms with E-state index >= 15 is 0 Å². The second-order valence-corrected chi connectivity index (χ2v) is 8.72. The normalized spacial score (nSPS) is 15.8. The summed E-state index contributed by atoms with van der Waals surface area (Å²) in [6.45, 7) is 6.55. The van der Waals surface area contributed by atoms with Crippen LogP contribution in [0.4, 0.5) is 5.69 Å². The van der Waals surface area contributed by atoms with Gasteiger partial charge < -0.3 is 20.4 Å². The largest absolute Gasteiger partial charge is 0.378 e. The first-order chi connectivity index (χ1) is 15.3. The van der Waals surface area contributed by atoms with Gasteiger partial charge in [-0.25, -0.2) is 0 Å². The molecule has 0 aromatic heterocycles. The van der Waals surface area contributed by atoms with Gasteiger partial charge in [-0.3, -0.25) is 14.5 Å². The fraction of sp³-hybridized carbons (Fsp3) is 0.440. The molecule has 7 nitrogen and oxygen atoms in total. The van der Waals surface area contributed by atoms with Crippen molar-refractivity contribution in [1.29, 1.82) is 0 Å². The van der Waals surface area contributed by atoms with Crippen LogP contribution in [0.5, 0.6) is 0 Å². The minimum atomic E-state index is -0.606. The summed E-state index contributed by atoms with van der Waals surface area (Å²) in [5.41, 5.74) is 4.39. The molecule has 1 aliphatic heterocycles. The maximum atomic E-state index is 12.5. The van der Waals surface area contributed by atoms with Crippen LogP contribution in [0.2, 0.25) is 0 Å². The number of nitrogens with zero attached hydrogens (tertiary/aromatic N) is 3. The number of carbonyl (C=O) groups excluding carboxylic acids is 2. The molecule has 0 aliphatic carbocycles. The SMILES string of the molecule is Cc1ccc(CNC(=O)C(=O)NC[C@@H](c2ccc(N(C)C)cc2)N2CCN(C)CC2)cc1. The number of hydrogen-bond acceptors (Lipinski definition) is 5. The minimum absolute atomic E-state index is 0.0220. The molecule has 2 N–H and O–H groups in total. The van der Waals surface area contributed by atoms with E-state index in [1.807, 2.05) is 45.3 Å². The molecule has 172 valence electrons. The third-order valence-corrected chi connectivity index (χ3v) is 6.01. The van der Waals surface area contributed by atoms with Crippen molar-refractivity contribution in [3.05, 3.63) is 65.2 Å². The lowest BCUT2D eigenvalue weighted by atomic mass is 10.0. The van der Waals surface area contributed by atoms with Crippen LogP contribution in [-0.4, -0.2) is 75.5 Å². The summed E-state index contributed by atoms with van der Waals surface area (Å²) in [6, 6.07) is 16.3. The molecule has 1 saturated heterocycles. The average molecular weight is 438 g/mol. The van der Waals surface area contributed by atoms with Gasteiger partial charge in [-0.2, -0.15) is 0 Å². The van der Waals surface area contributed by atoms with Crippen LogP contribution in [-0.2, 0) is 16.1 Å². The molecule has 2 amide bonds. The van der Waals surface area contributed by atoms with Crippen LogP contribution in [0.3, 0.4) is 0 Å². The maximum absolute atomic E-state index is 12.5. The number of nitrogens with one attached hydrogen (secondary N) is 2. The van der Waals surface area contributed by atoms with Crippen molar-refractivity contribution >= 4 is 17.5 Å². The standard InChI is InChI=1S/C25H35N5O2/c1-19-5-7-20(8-6-19)17-26-24(31)25(32)27-18-23(30-15-13-29(4)14-16-30)21-9-11-22(12-10-21)28(2)3/h5-12,23H,13-18H2,1-4H3,(H,26,31)(H,27,32)/t23-/m0/s1. The zero-order valence-corrected chi connectivity index (χ0v) is 19.6. The molecule has 0 radical (unpaired) electrons. The van der Waals surface area contributed by atoms with Crippen LogP contribution >= 0.6 is 0 Å². The van der Waals surface area contributed by atoms with E-state index in [1.165, 1.54) is 0 Å². The lowest BCUT2D eigenvalue weighted by Gasteiger charge is -2.38. The van der Waals surface area contributed by atoms with Crippen molar-refractivity contribution in [3.63, 3.8) is 0 Å². The highest BCUT2D eigenvalue weighted by molar-refractivity contribution is 6.35. The number of amides is 2. The highest BCUT2D eigenvalue weighted by atomic mass is 16.2. The minimum Gasteiger partial charge on any atom is -0.378 e. The number of benzene rings is 2. The summed E-state index contributed by atoms with van der Waals surface area (Å²) in [7, 11) is 6.16. The molecule has 0 saturated carbocycles. The van der Waals surface area contributed by atoms with Gasteiger partial charge in [0.15, 0.2) is 0 Å². The van der Waals surface area contributed by atoms with Gasteiger partial charge in [0.1, 0.15) is 0 Å². The molecule has 7 heteroatoms. The molecule has 32 heavy (non-hydrogen) atoms. The van der Waals surface area contributed by atoms with Crippen molar-refractivity contribution in [2.45, 2.75) is 19.5 Å². The fourth-order valence-corrected chi connectivity index (χ4v) is 3.82. The predicted molar refractivity (Wildman–Crippen MR) is 129 cm³/mol. The van der Waals surface area contributed by atoms with Crippen LogP contribution in [0.1, 0.15) is 22.7 Å². The number of carbonyl (C=O) groups is 2. The van der Waals surface area contributed by atoms with Gasteiger partial charge in [-0.1, -0.05) is 42.0 Å². The van der Waals surface area contributed by atoms with E-state index in [9.17, 15) is 9.59 Å². The smallest absolute Gasteiger partial charge is 0.309 e. The average Bonchev–Trinajstić information content (AvgIpc) is 2.80. The van der Waals surface area contributed by atoms with Crippen molar-refractivity contribution in [1.82, 2.24) is 20.4 Å². The first-order valence-corrected chi connectivity index (χ1v) is 11.1. The number of rotatable bonds is 7. The molecule has 2 aromatic rings. The summed E-state index contributed by atoms with van der Waals surface area (Å²) in [5.74, 6) is -1.20. The Labute approximate surface area is 191 Å². The Bertz CT molecular complexity index is 888. The highest BCUT2D eigenvalue weighted by Gasteiger charge is 2.25. The maximum Gasteiger partial charge on any atom is 0.309 e. The van der Waals surface area contributed by atoms with Gasteiger partial charge in [0.2, 0.25) is 0 Å². The van der Waals surface area contributed by atoms with Gasteiger partial charge in [0.25, 0.3) is 0 Å². The zero-order chi connectivity index (χ0) is 23.1. The second kappa shape index (κ2) is 11.1. The molecule has 1 heterocycles. The summed E-state index contributed by atoms with van der Waals surface area (Å²) in [6.07, 6.45) is 0. The van der Waals surface area contributed by atoms with Crippen LogP contribution in [0.25, 0.3) is 0 Å². The molecule has 3 rings (SSSR count). The third kappa shape index (κ3) is 6.55. The highest BCUT2D eigenvalue weighted by Crippen LogP contribution is 2.24. The number of hydrogen-bond donors (Lipinski definition) is 2. The molecule has 1 aliphatic rings. The molecule has 1 fully saturated rings. The quantitative estimate of drug-likeness (QED) is 0.647. The summed E-state index contributed by atoms with van der Waals surface area (Å²) < 4.78 is 0. The summed E-state index contributed by atoms with van der Waals surface area (Å²) >= 11 is 0. The van der Waals surface area contributed by atoms with E-state index in [2.05, 4.69) is 56.6 Å². The Morgan fingerprint density at radius 1 is 0.906 bits per heavy atom. The predicted octanol–water partition coefficient (Wildman–Crippen LogP) is 1.78. The van der Waals surface area contributed by atoms with E-state index in [0.29, 0.717) is 13.1 Å². The number of aryl methyl sites for hydroxylation is 1. The number of piperazine rings is 1. The van der Waals surface area contributed by atoms with Crippen molar-refractivity contribution in [2.24, 2.45) is 0 Å². The van der Waals surface area contributed by atoms with E-state index in [-0.39, 0.29) is 6.04 Å². The second-order valence-electron chi connectivity index (χ2n) is 8.72. The molecular weight excluding hydrogens is 402 g/mol. The van der Waals surface area contributed by atoms with E-state index in [1.54, 1.807) is 0 Å². The summed E-state index contributed by atoms with van der Waals surface area (Å²) in [5, 5.41) is 5.57. The molecule has 1 atom stereocenters. The Hall–Kier alpha value is -2.90. The van der Waals surface area contributed by atoms with Gasteiger partial charge in [0, 0.05) is 59.1 Å². The third-order valence-electron chi connectivity index (χ3n) is 6.01. The van der Waals surface area contributed by atoms with Crippen molar-refractivity contribution < 1.29 is 9.59 Å². The zero-order valence-electron chi connectivity index (χ0n) is 19.6. The Balaban J connectivity index is 1.61. The van der Waals surface area contributed by atoms with Crippen LogP contribution in [0, 0.1) is 6.92 Å². The molecule has 2 aromatic carbocycles. The van der Waals surface area contributed by atoms with Crippen LogP contribution in [0.15, 0.2) is 48.5 Å². The monoisotopic (exact) mass is 437 g/mol. The van der Waals surface area contributed by atoms with Crippen molar-refractivity contribution in [3.8, 4) is 0 Å². The first kappa shape index (κ1) is 23.8. The lowest BCUT2D eigenvalue weighted by Crippen LogP contribution is -2.49. The number of likely N-dealkylation sites (N-methyl/N-ethyl adjacent to an activating group) is 1. The number of anilines is 1. The van der Waals surface area contributed by atoms with E-state index in [0.717, 1.165) is 48.6 Å². The Kier molecular flexibility index (Phi) is 8.25. The molecule has 0 bridgehead atoms. The molecule has 0 spiro atoms. The van der Waals surface area contributed by atoms with Gasteiger partial charge in [-0.15, -0.1) is 0 Å². The van der Waals surface area contributed by atoms with E-state index < -0.39 is 11.8 Å². The van der Waals surface area contributed by atoms with Crippen molar-refractivity contribution in [2.75, 3.05) is 58.8 Å². The fourth-order valence-electron chi connectivity index (χ4n) is 3.82. The molecular formula is C25H35N5O2.